The van der Waals surface area contributed by atoms with E-state index in [9.17, 15) is 4.79 Å². The molecular formula is C16H17NO2S. The number of pyridine rings is 1. The number of nitrogens with zero attached hydrogens (tertiary/aromatic N) is 1. The highest BCUT2D eigenvalue weighted by molar-refractivity contribution is 7.99. The van der Waals surface area contributed by atoms with Crippen LogP contribution in [0.15, 0.2) is 48.7 Å². The normalized spacial score (nSPS) is 10.2. The smallest absolute Gasteiger partial charge is 0.191 e. The third-order valence-corrected chi connectivity index (χ3v) is 3.58. The molecular weight excluding hydrogens is 270 g/mol. The van der Waals surface area contributed by atoms with Crippen LogP contribution in [0.25, 0.3) is 0 Å². The number of carbonyl (C=O) groups excluding carboxylic acids is 1. The molecule has 0 unspecified atom stereocenters. The number of Topliss-reactive ketones (excluding diaryl/α,β-unsaturated/α-hetero) is 1. The molecule has 0 amide bonds. The molecule has 1 heterocycles. The summed E-state index contributed by atoms with van der Waals surface area (Å²) in [6.07, 6.45) is 1.60. The summed E-state index contributed by atoms with van der Waals surface area (Å²) in [4.78, 5) is 15.9. The Hall–Kier alpha value is -1.81. The molecule has 0 aliphatic heterocycles. The number of aromatic nitrogens is 1. The Labute approximate surface area is 123 Å². The third kappa shape index (κ3) is 4.38. The molecule has 3 nitrogen and oxygen atoms in total. The summed E-state index contributed by atoms with van der Waals surface area (Å²) in [7, 11) is 0. The summed E-state index contributed by atoms with van der Waals surface area (Å²) in [5.41, 5.74) is 1.60. The lowest BCUT2D eigenvalue weighted by molar-refractivity contribution is 0.101. The van der Waals surface area contributed by atoms with Crippen LogP contribution in [0, 0.1) is 0 Å². The van der Waals surface area contributed by atoms with Crippen molar-refractivity contribution in [1.29, 1.82) is 0 Å². The van der Waals surface area contributed by atoms with Gasteiger partial charge in [0.05, 0.1) is 11.9 Å². The third-order valence-electron chi connectivity index (χ3n) is 2.71. The zero-order valence-corrected chi connectivity index (χ0v) is 12.2. The molecule has 0 fully saturated rings. The van der Waals surface area contributed by atoms with Gasteiger partial charge in [0.15, 0.2) is 5.78 Å². The van der Waals surface area contributed by atoms with E-state index >= 15 is 0 Å². The Balaban J connectivity index is 1.90. The lowest BCUT2D eigenvalue weighted by Gasteiger charge is -2.06. The monoisotopic (exact) mass is 287 g/mol. The first-order valence-corrected chi connectivity index (χ1v) is 7.69. The minimum absolute atomic E-state index is 0.0615. The van der Waals surface area contributed by atoms with E-state index in [1.807, 2.05) is 37.3 Å². The molecule has 1 aromatic heterocycles. The summed E-state index contributed by atoms with van der Waals surface area (Å²) in [5.74, 6) is 2.15. The predicted molar refractivity (Wildman–Crippen MR) is 82.3 cm³/mol. The Morgan fingerprint density at radius 2 is 2.00 bits per heavy atom. The van der Waals surface area contributed by atoms with E-state index in [0.717, 1.165) is 11.3 Å². The van der Waals surface area contributed by atoms with E-state index in [1.54, 1.807) is 30.1 Å². The van der Waals surface area contributed by atoms with Gasteiger partial charge in [-0.3, -0.25) is 4.79 Å². The van der Waals surface area contributed by atoms with Crippen LogP contribution in [0.1, 0.15) is 23.0 Å². The molecule has 0 aliphatic rings. The number of thioether (sulfide) groups is 1. The van der Waals surface area contributed by atoms with Gasteiger partial charge >= 0.3 is 0 Å². The summed E-state index contributed by atoms with van der Waals surface area (Å²) >= 11 is 1.60. The van der Waals surface area contributed by atoms with Crippen LogP contribution < -0.4 is 4.74 Å². The molecule has 0 saturated heterocycles. The van der Waals surface area contributed by atoms with Gasteiger partial charge in [0.1, 0.15) is 18.1 Å². The van der Waals surface area contributed by atoms with Crippen molar-refractivity contribution in [1.82, 2.24) is 4.98 Å². The number of hydrogen-bond donors (Lipinski definition) is 0. The van der Waals surface area contributed by atoms with Crippen LogP contribution in [-0.2, 0) is 6.61 Å². The molecule has 0 bridgehead atoms. The standard InChI is InChI=1S/C16H17NO2S/c1-2-20-12-16(18)15-9-8-14(10-17-15)19-11-13-6-4-3-5-7-13/h3-10H,2,11-12H2,1H3. The van der Waals surface area contributed by atoms with Crippen molar-refractivity contribution >= 4 is 17.5 Å². The zero-order chi connectivity index (χ0) is 14.2. The molecule has 2 rings (SSSR count). The first kappa shape index (κ1) is 14.6. The van der Waals surface area contributed by atoms with Gasteiger partial charge in [-0.2, -0.15) is 11.8 Å². The van der Waals surface area contributed by atoms with Crippen LogP contribution >= 0.6 is 11.8 Å². The van der Waals surface area contributed by atoms with Crippen LogP contribution in [-0.4, -0.2) is 22.3 Å². The molecule has 0 atom stereocenters. The Kier molecular flexibility index (Phi) is 5.62. The fraction of sp³-hybridized carbons (Fsp3) is 0.250. The van der Waals surface area contributed by atoms with Gasteiger partial charge in [0.25, 0.3) is 0 Å². The Bertz CT molecular complexity index is 540. The van der Waals surface area contributed by atoms with E-state index in [4.69, 9.17) is 4.74 Å². The molecule has 20 heavy (non-hydrogen) atoms. The van der Waals surface area contributed by atoms with Gasteiger partial charge in [0, 0.05) is 0 Å². The summed E-state index contributed by atoms with van der Waals surface area (Å²) < 4.78 is 5.63. The van der Waals surface area contributed by atoms with Gasteiger partial charge in [0.2, 0.25) is 0 Å². The van der Waals surface area contributed by atoms with E-state index in [2.05, 4.69) is 4.98 Å². The number of hydrogen-bond acceptors (Lipinski definition) is 4. The molecule has 2 aromatic rings. The number of rotatable bonds is 7. The minimum atomic E-state index is 0.0615. The molecule has 4 heteroatoms. The van der Waals surface area contributed by atoms with Crippen molar-refractivity contribution in [2.24, 2.45) is 0 Å². The van der Waals surface area contributed by atoms with Gasteiger partial charge in [-0.1, -0.05) is 37.3 Å². The number of benzene rings is 1. The summed E-state index contributed by atoms with van der Waals surface area (Å²) in [6, 6.07) is 13.5. The Morgan fingerprint density at radius 3 is 2.65 bits per heavy atom. The Morgan fingerprint density at radius 1 is 1.20 bits per heavy atom. The lowest BCUT2D eigenvalue weighted by atomic mass is 10.2. The van der Waals surface area contributed by atoms with Crippen molar-refractivity contribution in [3.8, 4) is 5.75 Å². The lowest BCUT2D eigenvalue weighted by Crippen LogP contribution is -2.05. The minimum Gasteiger partial charge on any atom is -0.487 e. The molecule has 0 aliphatic carbocycles. The first-order chi connectivity index (χ1) is 9.79. The average molecular weight is 287 g/mol. The molecule has 0 saturated carbocycles. The van der Waals surface area contributed by atoms with Crippen LogP contribution in [0.4, 0.5) is 0 Å². The fourth-order valence-corrected chi connectivity index (χ4v) is 2.18. The molecule has 1 aromatic carbocycles. The van der Waals surface area contributed by atoms with E-state index in [1.165, 1.54) is 0 Å². The largest absolute Gasteiger partial charge is 0.487 e. The van der Waals surface area contributed by atoms with Crippen LogP contribution in [0.2, 0.25) is 0 Å². The quantitative estimate of drug-likeness (QED) is 0.729. The zero-order valence-electron chi connectivity index (χ0n) is 11.4. The van der Waals surface area contributed by atoms with E-state index < -0.39 is 0 Å². The number of ether oxygens (including phenoxy) is 1. The van der Waals surface area contributed by atoms with Gasteiger partial charge in [-0.05, 0) is 23.4 Å². The maximum Gasteiger partial charge on any atom is 0.191 e. The van der Waals surface area contributed by atoms with Crippen LogP contribution in [0.3, 0.4) is 0 Å². The SMILES string of the molecule is CCSCC(=O)c1ccc(OCc2ccccc2)cn1. The topological polar surface area (TPSA) is 39.2 Å². The molecule has 0 N–H and O–H groups in total. The van der Waals surface area contributed by atoms with Crippen molar-refractivity contribution in [3.63, 3.8) is 0 Å². The molecule has 0 radical (unpaired) electrons. The second kappa shape index (κ2) is 7.70. The maximum absolute atomic E-state index is 11.8. The number of ketones is 1. The summed E-state index contributed by atoms with van der Waals surface area (Å²) in [6.45, 7) is 2.54. The summed E-state index contributed by atoms with van der Waals surface area (Å²) in [5, 5.41) is 0. The maximum atomic E-state index is 11.8. The van der Waals surface area contributed by atoms with Gasteiger partial charge in [-0.25, -0.2) is 4.98 Å². The highest BCUT2D eigenvalue weighted by Crippen LogP contribution is 2.13. The first-order valence-electron chi connectivity index (χ1n) is 6.53. The van der Waals surface area contributed by atoms with Crippen molar-refractivity contribution in [2.75, 3.05) is 11.5 Å². The predicted octanol–water partition coefficient (Wildman–Crippen LogP) is 3.60. The molecule has 104 valence electrons. The fourth-order valence-electron chi connectivity index (χ4n) is 1.64. The van der Waals surface area contributed by atoms with E-state index in [0.29, 0.717) is 23.8 Å². The van der Waals surface area contributed by atoms with Crippen molar-refractivity contribution in [2.45, 2.75) is 13.5 Å². The van der Waals surface area contributed by atoms with Crippen molar-refractivity contribution < 1.29 is 9.53 Å². The van der Waals surface area contributed by atoms with Gasteiger partial charge < -0.3 is 4.74 Å². The average Bonchev–Trinajstić information content (AvgIpc) is 2.52. The molecule has 0 spiro atoms. The highest BCUT2D eigenvalue weighted by atomic mass is 32.2. The van der Waals surface area contributed by atoms with Crippen molar-refractivity contribution in [3.05, 3.63) is 59.9 Å². The van der Waals surface area contributed by atoms with Crippen LogP contribution in [0.5, 0.6) is 5.75 Å². The van der Waals surface area contributed by atoms with E-state index in [-0.39, 0.29) is 5.78 Å². The van der Waals surface area contributed by atoms with Gasteiger partial charge in [-0.15, -0.1) is 0 Å². The second-order valence-electron chi connectivity index (χ2n) is 4.21. The highest BCUT2D eigenvalue weighted by Gasteiger charge is 2.07. The second-order valence-corrected chi connectivity index (χ2v) is 5.49. The number of carbonyl (C=O) groups is 1.